The molecule has 154 valence electrons. The van der Waals surface area contributed by atoms with Crippen molar-refractivity contribution in [3.8, 4) is 11.5 Å². The van der Waals surface area contributed by atoms with Crippen LogP contribution in [0, 0.1) is 6.92 Å². The molecule has 0 aliphatic rings. The van der Waals surface area contributed by atoms with Crippen molar-refractivity contribution in [1.29, 1.82) is 0 Å². The van der Waals surface area contributed by atoms with Crippen LogP contribution >= 0.6 is 0 Å². The van der Waals surface area contributed by atoms with Crippen LogP contribution in [0.25, 0.3) is 22.6 Å². The molecule has 0 fully saturated rings. The Hall–Kier alpha value is -3.45. The molecule has 0 unspecified atom stereocenters. The SMILES string of the molecule is Cc1noc2nc(-c3ccco3)cc(C(=O)NCCCN(C)Cc3ccccc3)c12. The third kappa shape index (κ3) is 4.41. The smallest absolute Gasteiger partial charge is 0.259 e. The average molecular weight is 404 g/mol. The summed E-state index contributed by atoms with van der Waals surface area (Å²) in [7, 11) is 2.08. The van der Waals surface area contributed by atoms with Crippen molar-refractivity contribution in [2.45, 2.75) is 19.9 Å². The molecule has 30 heavy (non-hydrogen) atoms. The van der Waals surface area contributed by atoms with E-state index in [0.29, 0.717) is 40.4 Å². The molecule has 0 aliphatic carbocycles. The summed E-state index contributed by atoms with van der Waals surface area (Å²) < 4.78 is 10.7. The fourth-order valence-electron chi connectivity index (χ4n) is 3.44. The second-order valence-corrected chi connectivity index (χ2v) is 7.31. The normalized spacial score (nSPS) is 11.3. The number of hydrogen-bond acceptors (Lipinski definition) is 6. The largest absolute Gasteiger partial charge is 0.463 e. The number of furan rings is 1. The van der Waals surface area contributed by atoms with Crippen molar-refractivity contribution < 1.29 is 13.7 Å². The summed E-state index contributed by atoms with van der Waals surface area (Å²) in [4.78, 5) is 19.6. The maximum atomic E-state index is 12.9. The minimum Gasteiger partial charge on any atom is -0.463 e. The Morgan fingerprint density at radius 3 is 2.77 bits per heavy atom. The number of rotatable bonds is 8. The minimum atomic E-state index is -0.174. The standard InChI is InChI=1S/C23H24N4O3/c1-16-21-18(14-19(20-10-6-13-29-20)25-23(21)30-26-16)22(28)24-11-7-12-27(2)15-17-8-4-3-5-9-17/h3-6,8-10,13-14H,7,11-12,15H2,1-2H3,(H,24,28). The van der Waals surface area contributed by atoms with E-state index in [1.807, 2.05) is 18.2 Å². The van der Waals surface area contributed by atoms with Crippen LogP contribution < -0.4 is 5.32 Å². The summed E-state index contributed by atoms with van der Waals surface area (Å²) in [5, 5.41) is 7.60. The number of nitrogens with zero attached hydrogens (tertiary/aromatic N) is 3. The van der Waals surface area contributed by atoms with Crippen LogP contribution in [0.2, 0.25) is 0 Å². The highest BCUT2D eigenvalue weighted by Crippen LogP contribution is 2.27. The zero-order chi connectivity index (χ0) is 20.9. The van der Waals surface area contributed by atoms with Crippen LogP contribution in [0.3, 0.4) is 0 Å². The number of pyridine rings is 1. The molecule has 1 amide bonds. The minimum absolute atomic E-state index is 0.174. The highest BCUT2D eigenvalue weighted by atomic mass is 16.5. The second-order valence-electron chi connectivity index (χ2n) is 7.31. The summed E-state index contributed by atoms with van der Waals surface area (Å²) in [6.07, 6.45) is 2.41. The van der Waals surface area contributed by atoms with E-state index in [-0.39, 0.29) is 5.91 Å². The molecule has 0 atom stereocenters. The van der Waals surface area contributed by atoms with Gasteiger partial charge < -0.3 is 19.2 Å². The van der Waals surface area contributed by atoms with Gasteiger partial charge in [-0.15, -0.1) is 0 Å². The number of carbonyl (C=O) groups is 1. The van der Waals surface area contributed by atoms with E-state index in [0.717, 1.165) is 19.5 Å². The first-order chi connectivity index (χ1) is 14.6. The molecule has 4 aromatic rings. The number of fused-ring (bicyclic) bond motifs is 1. The van der Waals surface area contributed by atoms with E-state index in [1.165, 1.54) is 5.56 Å². The van der Waals surface area contributed by atoms with Crippen LogP contribution in [0.5, 0.6) is 0 Å². The van der Waals surface area contributed by atoms with Crippen molar-refractivity contribution >= 4 is 17.0 Å². The van der Waals surface area contributed by atoms with E-state index in [4.69, 9.17) is 8.94 Å². The highest BCUT2D eigenvalue weighted by Gasteiger charge is 2.20. The van der Waals surface area contributed by atoms with Crippen molar-refractivity contribution in [1.82, 2.24) is 20.4 Å². The second kappa shape index (κ2) is 8.92. The van der Waals surface area contributed by atoms with Crippen molar-refractivity contribution in [2.24, 2.45) is 0 Å². The number of hydrogen-bond donors (Lipinski definition) is 1. The Labute approximate surface area is 174 Å². The number of nitrogens with one attached hydrogen (secondary N) is 1. The first kappa shape index (κ1) is 19.8. The monoisotopic (exact) mass is 404 g/mol. The zero-order valence-electron chi connectivity index (χ0n) is 17.1. The van der Waals surface area contributed by atoms with E-state index in [9.17, 15) is 4.79 Å². The lowest BCUT2D eigenvalue weighted by Crippen LogP contribution is -2.28. The molecule has 0 radical (unpaired) electrons. The van der Waals surface area contributed by atoms with E-state index >= 15 is 0 Å². The van der Waals surface area contributed by atoms with Gasteiger partial charge in [-0.05, 0) is 50.7 Å². The van der Waals surface area contributed by atoms with E-state index in [1.54, 1.807) is 31.4 Å². The molecule has 0 saturated heterocycles. The number of aromatic nitrogens is 2. The van der Waals surface area contributed by atoms with Gasteiger partial charge in [0.1, 0.15) is 5.69 Å². The van der Waals surface area contributed by atoms with Gasteiger partial charge >= 0.3 is 0 Å². The molecule has 7 nitrogen and oxygen atoms in total. The van der Waals surface area contributed by atoms with Crippen LogP contribution in [-0.2, 0) is 6.54 Å². The first-order valence-corrected chi connectivity index (χ1v) is 9.93. The van der Waals surface area contributed by atoms with Gasteiger partial charge in [0.2, 0.25) is 0 Å². The Morgan fingerprint density at radius 1 is 1.17 bits per heavy atom. The van der Waals surface area contributed by atoms with Crippen molar-refractivity contribution in [2.75, 3.05) is 20.1 Å². The summed E-state index contributed by atoms with van der Waals surface area (Å²) >= 11 is 0. The van der Waals surface area contributed by atoms with Crippen LogP contribution in [0.15, 0.2) is 63.7 Å². The van der Waals surface area contributed by atoms with Gasteiger partial charge in [-0.25, -0.2) is 4.98 Å². The quantitative estimate of drug-likeness (QED) is 0.446. The topological polar surface area (TPSA) is 84.4 Å². The maximum absolute atomic E-state index is 12.9. The molecule has 0 bridgehead atoms. The Bertz CT molecular complexity index is 1120. The molecule has 4 rings (SSSR count). The lowest BCUT2D eigenvalue weighted by atomic mass is 10.1. The number of amides is 1. The molecule has 0 saturated carbocycles. The summed E-state index contributed by atoms with van der Waals surface area (Å²) in [6, 6.07) is 15.6. The van der Waals surface area contributed by atoms with Gasteiger partial charge in [-0.3, -0.25) is 4.79 Å². The van der Waals surface area contributed by atoms with Gasteiger partial charge in [-0.2, -0.15) is 0 Å². The summed E-state index contributed by atoms with van der Waals surface area (Å²) in [5.74, 6) is 0.398. The average Bonchev–Trinajstić information content (AvgIpc) is 3.42. The van der Waals surface area contributed by atoms with Crippen molar-refractivity contribution in [3.63, 3.8) is 0 Å². The number of carbonyl (C=O) groups excluding carboxylic acids is 1. The number of benzene rings is 1. The third-order valence-corrected chi connectivity index (χ3v) is 4.93. The summed E-state index contributed by atoms with van der Waals surface area (Å²) in [6.45, 7) is 4.13. The maximum Gasteiger partial charge on any atom is 0.259 e. The lowest BCUT2D eigenvalue weighted by molar-refractivity contribution is 0.0953. The highest BCUT2D eigenvalue weighted by molar-refractivity contribution is 6.06. The zero-order valence-corrected chi connectivity index (χ0v) is 17.1. The fraction of sp³-hybridized carbons (Fsp3) is 0.261. The molecule has 3 aromatic heterocycles. The Kier molecular flexibility index (Phi) is 5.90. The van der Waals surface area contributed by atoms with Gasteiger partial charge in [0.15, 0.2) is 5.76 Å². The van der Waals surface area contributed by atoms with Gasteiger partial charge in [-0.1, -0.05) is 35.5 Å². The Balaban J connectivity index is 1.40. The summed E-state index contributed by atoms with van der Waals surface area (Å²) in [5.41, 5.74) is 3.26. The van der Waals surface area contributed by atoms with Crippen LogP contribution in [-0.4, -0.2) is 41.1 Å². The predicted molar refractivity (Wildman–Crippen MR) is 114 cm³/mol. The molecule has 3 heterocycles. The molecule has 7 heteroatoms. The molecular formula is C23H24N4O3. The molecular weight excluding hydrogens is 380 g/mol. The van der Waals surface area contributed by atoms with E-state index in [2.05, 4.69) is 39.5 Å². The Morgan fingerprint density at radius 2 is 2.00 bits per heavy atom. The van der Waals surface area contributed by atoms with Gasteiger partial charge in [0.25, 0.3) is 11.6 Å². The fourth-order valence-corrected chi connectivity index (χ4v) is 3.44. The van der Waals surface area contributed by atoms with Gasteiger partial charge in [0, 0.05) is 13.1 Å². The third-order valence-electron chi connectivity index (χ3n) is 4.93. The number of aryl methyl sites for hydroxylation is 1. The lowest BCUT2D eigenvalue weighted by Gasteiger charge is -2.16. The van der Waals surface area contributed by atoms with Crippen LogP contribution in [0.4, 0.5) is 0 Å². The van der Waals surface area contributed by atoms with E-state index < -0.39 is 0 Å². The molecule has 0 spiro atoms. The van der Waals surface area contributed by atoms with Crippen LogP contribution in [0.1, 0.15) is 28.0 Å². The molecule has 1 N–H and O–H groups in total. The predicted octanol–water partition coefficient (Wildman–Crippen LogP) is 4.04. The first-order valence-electron chi connectivity index (χ1n) is 9.93. The van der Waals surface area contributed by atoms with Gasteiger partial charge in [0.05, 0.1) is 22.9 Å². The molecule has 0 aliphatic heterocycles. The molecule has 1 aromatic carbocycles. The van der Waals surface area contributed by atoms with Crippen molar-refractivity contribution in [3.05, 3.63) is 71.6 Å².